The van der Waals surface area contributed by atoms with Gasteiger partial charge in [-0.3, -0.25) is 0 Å². The van der Waals surface area contributed by atoms with E-state index in [9.17, 15) is 13.2 Å². The summed E-state index contributed by atoms with van der Waals surface area (Å²) in [6.07, 6.45) is 0. The molecule has 0 aliphatic carbocycles. The fourth-order valence-corrected chi connectivity index (χ4v) is 1.63. The Hall–Kier alpha value is -1.81. The van der Waals surface area contributed by atoms with Gasteiger partial charge in [0, 0.05) is 11.6 Å². The fraction of sp³-hybridized carbons (Fsp3) is 0.0769. The standard InChI is InChI=1S/C13H10F3N/c14-9-3-1-2-8(6-9)13(17)11-5-4-10(15)7-12(11)16/h1-7,13H,17H2. The van der Waals surface area contributed by atoms with Crippen LogP contribution in [0.4, 0.5) is 13.2 Å². The molecule has 4 heteroatoms. The molecule has 2 aromatic rings. The van der Waals surface area contributed by atoms with Crippen molar-refractivity contribution >= 4 is 0 Å². The van der Waals surface area contributed by atoms with Gasteiger partial charge in [-0.15, -0.1) is 0 Å². The summed E-state index contributed by atoms with van der Waals surface area (Å²) < 4.78 is 39.2. The summed E-state index contributed by atoms with van der Waals surface area (Å²) in [5.74, 6) is -1.85. The van der Waals surface area contributed by atoms with E-state index in [-0.39, 0.29) is 5.56 Å². The van der Waals surface area contributed by atoms with E-state index >= 15 is 0 Å². The normalized spacial score (nSPS) is 12.5. The molecule has 2 N–H and O–H groups in total. The highest BCUT2D eigenvalue weighted by Crippen LogP contribution is 2.23. The van der Waals surface area contributed by atoms with Gasteiger partial charge in [0.05, 0.1) is 6.04 Å². The monoisotopic (exact) mass is 237 g/mol. The Morgan fingerprint density at radius 1 is 0.882 bits per heavy atom. The van der Waals surface area contributed by atoms with Gasteiger partial charge in [0.15, 0.2) is 0 Å². The lowest BCUT2D eigenvalue weighted by atomic mass is 9.99. The van der Waals surface area contributed by atoms with Crippen molar-refractivity contribution in [2.45, 2.75) is 6.04 Å². The molecule has 0 aliphatic rings. The Morgan fingerprint density at radius 3 is 2.24 bits per heavy atom. The van der Waals surface area contributed by atoms with E-state index in [4.69, 9.17) is 5.73 Å². The predicted molar refractivity (Wildman–Crippen MR) is 58.8 cm³/mol. The highest BCUT2D eigenvalue weighted by molar-refractivity contribution is 5.32. The molecule has 1 atom stereocenters. The van der Waals surface area contributed by atoms with Crippen LogP contribution >= 0.6 is 0 Å². The maximum absolute atomic E-state index is 13.5. The van der Waals surface area contributed by atoms with E-state index in [0.29, 0.717) is 5.56 Å². The molecule has 0 heterocycles. The van der Waals surface area contributed by atoms with E-state index < -0.39 is 23.5 Å². The van der Waals surface area contributed by atoms with Crippen LogP contribution in [-0.4, -0.2) is 0 Å². The lowest BCUT2D eigenvalue weighted by molar-refractivity contribution is 0.565. The summed E-state index contributed by atoms with van der Waals surface area (Å²) in [4.78, 5) is 0. The molecule has 1 nitrogen and oxygen atoms in total. The second-order valence-corrected chi connectivity index (χ2v) is 3.70. The third-order valence-electron chi connectivity index (χ3n) is 2.51. The lowest BCUT2D eigenvalue weighted by Crippen LogP contribution is -2.14. The van der Waals surface area contributed by atoms with Crippen molar-refractivity contribution in [3.63, 3.8) is 0 Å². The lowest BCUT2D eigenvalue weighted by Gasteiger charge is -2.13. The molecule has 2 aromatic carbocycles. The number of halogens is 3. The summed E-state index contributed by atoms with van der Waals surface area (Å²) in [6, 6.07) is 7.92. The maximum Gasteiger partial charge on any atom is 0.131 e. The quantitative estimate of drug-likeness (QED) is 0.853. The van der Waals surface area contributed by atoms with Crippen LogP contribution in [0.5, 0.6) is 0 Å². The van der Waals surface area contributed by atoms with Gasteiger partial charge in [0.25, 0.3) is 0 Å². The third-order valence-corrected chi connectivity index (χ3v) is 2.51. The van der Waals surface area contributed by atoms with E-state index in [1.54, 1.807) is 6.07 Å². The fourth-order valence-electron chi connectivity index (χ4n) is 1.63. The molecule has 0 spiro atoms. The van der Waals surface area contributed by atoms with Crippen LogP contribution < -0.4 is 5.73 Å². The van der Waals surface area contributed by atoms with Crippen molar-refractivity contribution in [3.05, 3.63) is 71.0 Å². The molecule has 88 valence electrons. The van der Waals surface area contributed by atoms with Gasteiger partial charge in [-0.1, -0.05) is 18.2 Å². The Morgan fingerprint density at radius 2 is 1.59 bits per heavy atom. The summed E-state index contributed by atoms with van der Waals surface area (Å²) in [6.45, 7) is 0. The van der Waals surface area contributed by atoms with Crippen LogP contribution in [-0.2, 0) is 0 Å². The van der Waals surface area contributed by atoms with E-state index in [1.165, 1.54) is 24.3 Å². The van der Waals surface area contributed by atoms with Gasteiger partial charge < -0.3 is 5.73 Å². The first-order valence-corrected chi connectivity index (χ1v) is 5.04. The molecule has 0 saturated heterocycles. The van der Waals surface area contributed by atoms with Crippen molar-refractivity contribution in [2.75, 3.05) is 0 Å². The van der Waals surface area contributed by atoms with Gasteiger partial charge in [-0.2, -0.15) is 0 Å². The number of benzene rings is 2. The number of hydrogen-bond acceptors (Lipinski definition) is 1. The van der Waals surface area contributed by atoms with Crippen molar-refractivity contribution < 1.29 is 13.2 Å². The molecule has 0 saturated carbocycles. The molecule has 0 aromatic heterocycles. The topological polar surface area (TPSA) is 26.0 Å². The highest BCUT2D eigenvalue weighted by atomic mass is 19.1. The summed E-state index contributed by atoms with van der Waals surface area (Å²) in [5, 5.41) is 0. The first-order valence-electron chi connectivity index (χ1n) is 5.04. The Kier molecular flexibility index (Phi) is 3.15. The average molecular weight is 237 g/mol. The second kappa shape index (κ2) is 4.59. The van der Waals surface area contributed by atoms with Gasteiger partial charge >= 0.3 is 0 Å². The molecule has 2 rings (SSSR count). The minimum Gasteiger partial charge on any atom is -0.320 e. The molecule has 1 unspecified atom stereocenters. The Labute approximate surface area is 96.7 Å². The van der Waals surface area contributed by atoms with Gasteiger partial charge in [0.2, 0.25) is 0 Å². The van der Waals surface area contributed by atoms with Crippen LogP contribution in [0.15, 0.2) is 42.5 Å². The maximum atomic E-state index is 13.5. The summed E-state index contributed by atoms with van der Waals surface area (Å²) in [7, 11) is 0. The molecular weight excluding hydrogens is 227 g/mol. The predicted octanol–water partition coefficient (Wildman–Crippen LogP) is 3.15. The van der Waals surface area contributed by atoms with Crippen molar-refractivity contribution in [3.8, 4) is 0 Å². The minimum atomic E-state index is -0.814. The zero-order chi connectivity index (χ0) is 12.4. The SMILES string of the molecule is NC(c1cccc(F)c1)c1ccc(F)cc1F. The molecule has 17 heavy (non-hydrogen) atoms. The zero-order valence-corrected chi connectivity index (χ0v) is 8.83. The first-order chi connectivity index (χ1) is 8.08. The number of rotatable bonds is 2. The van der Waals surface area contributed by atoms with Crippen LogP contribution in [0.2, 0.25) is 0 Å². The number of hydrogen-bond donors (Lipinski definition) is 1. The second-order valence-electron chi connectivity index (χ2n) is 3.70. The van der Waals surface area contributed by atoms with Crippen molar-refractivity contribution in [1.82, 2.24) is 0 Å². The van der Waals surface area contributed by atoms with Gasteiger partial charge in [-0.05, 0) is 23.8 Å². The molecule has 0 aliphatic heterocycles. The van der Waals surface area contributed by atoms with Gasteiger partial charge in [-0.25, -0.2) is 13.2 Å². The Balaban J connectivity index is 2.40. The highest BCUT2D eigenvalue weighted by Gasteiger charge is 2.14. The van der Waals surface area contributed by atoms with E-state index in [2.05, 4.69) is 0 Å². The minimum absolute atomic E-state index is 0.136. The van der Waals surface area contributed by atoms with Gasteiger partial charge in [0.1, 0.15) is 17.5 Å². The number of nitrogens with two attached hydrogens (primary N) is 1. The zero-order valence-electron chi connectivity index (χ0n) is 8.83. The molecule has 0 amide bonds. The first kappa shape index (κ1) is 11.7. The molecule has 0 fully saturated rings. The Bertz CT molecular complexity index is 540. The third kappa shape index (κ3) is 2.47. The van der Waals surface area contributed by atoms with Crippen LogP contribution in [0.3, 0.4) is 0 Å². The van der Waals surface area contributed by atoms with Crippen LogP contribution in [0.25, 0.3) is 0 Å². The smallest absolute Gasteiger partial charge is 0.131 e. The summed E-state index contributed by atoms with van der Waals surface area (Å²) in [5.41, 5.74) is 6.38. The van der Waals surface area contributed by atoms with Crippen molar-refractivity contribution in [2.24, 2.45) is 5.73 Å². The molecule has 0 bridgehead atoms. The average Bonchev–Trinajstić information content (AvgIpc) is 2.28. The van der Waals surface area contributed by atoms with Crippen LogP contribution in [0.1, 0.15) is 17.2 Å². The van der Waals surface area contributed by atoms with Crippen molar-refractivity contribution in [1.29, 1.82) is 0 Å². The molecular formula is C13H10F3N. The van der Waals surface area contributed by atoms with E-state index in [0.717, 1.165) is 12.1 Å². The largest absolute Gasteiger partial charge is 0.320 e. The van der Waals surface area contributed by atoms with Crippen LogP contribution in [0, 0.1) is 17.5 Å². The summed E-state index contributed by atoms with van der Waals surface area (Å²) >= 11 is 0. The van der Waals surface area contributed by atoms with E-state index in [1.807, 2.05) is 0 Å². The molecule has 0 radical (unpaired) electrons.